The van der Waals surface area contributed by atoms with E-state index in [0.29, 0.717) is 36.8 Å². The van der Waals surface area contributed by atoms with Crippen LogP contribution < -0.4 is 14.8 Å². The van der Waals surface area contributed by atoms with Crippen LogP contribution in [0.15, 0.2) is 30.3 Å². The van der Waals surface area contributed by atoms with Gasteiger partial charge in [0.15, 0.2) is 11.5 Å². The van der Waals surface area contributed by atoms with E-state index in [9.17, 15) is 9.90 Å². The molecule has 0 saturated carbocycles. The molecule has 0 radical (unpaired) electrons. The molecule has 3 rings (SSSR count). The fourth-order valence-corrected chi connectivity index (χ4v) is 2.96. The molecule has 0 aromatic heterocycles. The second kappa shape index (κ2) is 7.44. The van der Waals surface area contributed by atoms with Gasteiger partial charge in [0.25, 0.3) is 5.91 Å². The molecule has 2 N–H and O–H groups in total. The average molecular weight is 343 g/mol. The maximum Gasteiger partial charge on any atom is 0.251 e. The van der Waals surface area contributed by atoms with Crippen LogP contribution in [0.1, 0.15) is 27.0 Å². The molecule has 2 aromatic rings. The van der Waals surface area contributed by atoms with Gasteiger partial charge >= 0.3 is 0 Å². The highest BCUT2D eigenvalue weighted by Gasteiger charge is 2.18. The summed E-state index contributed by atoms with van der Waals surface area (Å²) in [6.07, 6.45) is 0.736. The number of benzene rings is 2. The van der Waals surface area contributed by atoms with Crippen molar-refractivity contribution in [2.45, 2.75) is 19.6 Å². The van der Waals surface area contributed by atoms with Crippen molar-refractivity contribution in [3.8, 4) is 17.2 Å². The molecule has 0 atom stereocenters. The number of carbonyl (C=O) groups excluding carboxylic acids is 1. The number of hydrogen-bond donors (Lipinski definition) is 2. The van der Waals surface area contributed by atoms with Crippen molar-refractivity contribution in [1.82, 2.24) is 5.32 Å². The van der Waals surface area contributed by atoms with Gasteiger partial charge in [-0.05, 0) is 41.3 Å². The number of phenolic OH excluding ortho intramolecular Hbond substituents is 1. The van der Waals surface area contributed by atoms with Crippen molar-refractivity contribution in [2.24, 2.45) is 0 Å². The first-order valence-corrected chi connectivity index (χ1v) is 8.04. The van der Waals surface area contributed by atoms with Gasteiger partial charge < -0.3 is 24.6 Å². The first-order chi connectivity index (χ1) is 12.1. The van der Waals surface area contributed by atoms with Gasteiger partial charge in [0.2, 0.25) is 5.75 Å². The number of hydrogen-bond acceptors (Lipinski definition) is 5. The van der Waals surface area contributed by atoms with Gasteiger partial charge in [-0.3, -0.25) is 4.79 Å². The van der Waals surface area contributed by atoms with Crippen molar-refractivity contribution >= 4 is 5.91 Å². The zero-order valence-corrected chi connectivity index (χ0v) is 14.3. The van der Waals surface area contributed by atoms with Crippen molar-refractivity contribution in [3.63, 3.8) is 0 Å². The summed E-state index contributed by atoms with van der Waals surface area (Å²) in [5.74, 6) is 0.414. The van der Waals surface area contributed by atoms with E-state index in [1.165, 1.54) is 14.2 Å². The van der Waals surface area contributed by atoms with E-state index >= 15 is 0 Å². The van der Waals surface area contributed by atoms with Gasteiger partial charge in [-0.2, -0.15) is 0 Å². The second-order valence-electron chi connectivity index (χ2n) is 5.78. The molecule has 0 spiro atoms. The van der Waals surface area contributed by atoms with Crippen molar-refractivity contribution < 1.29 is 24.1 Å². The first-order valence-electron chi connectivity index (χ1n) is 8.04. The summed E-state index contributed by atoms with van der Waals surface area (Å²) in [5, 5.41) is 12.9. The zero-order chi connectivity index (χ0) is 17.8. The van der Waals surface area contributed by atoms with E-state index < -0.39 is 0 Å². The van der Waals surface area contributed by atoms with Crippen LogP contribution >= 0.6 is 0 Å². The molecular formula is C19H21NO5. The number of rotatable bonds is 5. The Bertz CT molecular complexity index is 762. The summed E-state index contributed by atoms with van der Waals surface area (Å²) in [6, 6.07) is 9.03. The number of fused-ring (bicyclic) bond motifs is 1. The Morgan fingerprint density at radius 2 is 1.96 bits per heavy atom. The molecule has 0 fully saturated rings. The third-order valence-corrected chi connectivity index (χ3v) is 4.26. The molecule has 0 bridgehead atoms. The molecule has 0 unspecified atom stereocenters. The highest BCUT2D eigenvalue weighted by Crippen LogP contribution is 2.37. The predicted molar refractivity (Wildman–Crippen MR) is 92.2 cm³/mol. The second-order valence-corrected chi connectivity index (χ2v) is 5.78. The Morgan fingerprint density at radius 1 is 1.24 bits per heavy atom. The molecule has 1 aliphatic heterocycles. The maximum absolute atomic E-state index is 12.6. The van der Waals surface area contributed by atoms with Crippen LogP contribution in [0.5, 0.6) is 17.2 Å². The Balaban J connectivity index is 1.77. The van der Waals surface area contributed by atoms with Gasteiger partial charge in [-0.15, -0.1) is 0 Å². The molecule has 1 heterocycles. The topological polar surface area (TPSA) is 77.0 Å². The number of amides is 1. The summed E-state index contributed by atoms with van der Waals surface area (Å²) in [6.45, 7) is 1.47. The van der Waals surface area contributed by atoms with Crippen LogP contribution in [0.4, 0.5) is 0 Å². The third-order valence-electron chi connectivity index (χ3n) is 4.26. The summed E-state index contributed by atoms with van der Waals surface area (Å²) < 4.78 is 15.7. The Labute approximate surface area is 146 Å². The quantitative estimate of drug-likeness (QED) is 0.872. The number of methoxy groups -OCH3 is 2. The third kappa shape index (κ3) is 3.53. The molecule has 132 valence electrons. The van der Waals surface area contributed by atoms with Crippen LogP contribution in [0.2, 0.25) is 0 Å². The first kappa shape index (κ1) is 17.1. The monoisotopic (exact) mass is 343 g/mol. The molecule has 6 nitrogen and oxygen atoms in total. The molecule has 25 heavy (non-hydrogen) atoms. The minimum atomic E-state index is -0.134. The van der Waals surface area contributed by atoms with Crippen LogP contribution in [0.25, 0.3) is 0 Å². The molecule has 0 aliphatic carbocycles. The van der Waals surface area contributed by atoms with E-state index in [1.807, 2.05) is 18.2 Å². The van der Waals surface area contributed by atoms with Crippen molar-refractivity contribution in [3.05, 3.63) is 52.6 Å². The molecular weight excluding hydrogens is 322 g/mol. The van der Waals surface area contributed by atoms with Crippen LogP contribution in [-0.2, 0) is 24.3 Å². The zero-order valence-electron chi connectivity index (χ0n) is 14.3. The lowest BCUT2D eigenvalue weighted by Crippen LogP contribution is -2.26. The number of aromatic hydroxyl groups is 1. The largest absolute Gasteiger partial charge is 0.502 e. The number of phenols is 1. The average Bonchev–Trinajstić information content (AvgIpc) is 2.66. The van der Waals surface area contributed by atoms with Crippen LogP contribution in [0.3, 0.4) is 0 Å². The highest BCUT2D eigenvalue weighted by atomic mass is 16.5. The minimum Gasteiger partial charge on any atom is -0.502 e. The summed E-state index contributed by atoms with van der Waals surface area (Å²) >= 11 is 0. The smallest absolute Gasteiger partial charge is 0.251 e. The van der Waals surface area contributed by atoms with Gasteiger partial charge in [-0.1, -0.05) is 12.1 Å². The SMILES string of the molecule is COc1cc(CNC(=O)c2cccc3c2CCOC3)cc(OC)c1O. The minimum absolute atomic E-state index is 0.0581. The van der Waals surface area contributed by atoms with Crippen LogP contribution in [-0.4, -0.2) is 31.8 Å². The van der Waals surface area contributed by atoms with E-state index in [1.54, 1.807) is 12.1 Å². The summed E-state index contributed by atoms with van der Waals surface area (Å²) in [7, 11) is 2.93. The standard InChI is InChI=1S/C19H21NO5/c1-23-16-8-12(9-17(24-2)18(16)21)10-20-19(22)15-5-3-4-13-11-25-7-6-14(13)15/h3-5,8-9,21H,6-7,10-11H2,1-2H3,(H,20,22). The lowest BCUT2D eigenvalue weighted by molar-refractivity contribution is 0.0938. The maximum atomic E-state index is 12.6. The lowest BCUT2D eigenvalue weighted by atomic mass is 9.96. The van der Waals surface area contributed by atoms with E-state index in [2.05, 4.69) is 5.32 Å². The van der Waals surface area contributed by atoms with Gasteiger partial charge in [0.1, 0.15) is 0 Å². The van der Waals surface area contributed by atoms with E-state index in [4.69, 9.17) is 14.2 Å². The summed E-state index contributed by atoms with van der Waals surface area (Å²) in [4.78, 5) is 12.6. The summed E-state index contributed by atoms with van der Waals surface area (Å²) in [5.41, 5.74) is 3.56. The molecule has 2 aromatic carbocycles. The predicted octanol–water partition coefficient (Wildman–Crippen LogP) is 2.41. The number of carbonyl (C=O) groups is 1. The molecule has 0 saturated heterocycles. The van der Waals surface area contributed by atoms with E-state index in [0.717, 1.165) is 23.1 Å². The molecule has 6 heteroatoms. The lowest BCUT2D eigenvalue weighted by Gasteiger charge is -2.19. The molecule has 1 amide bonds. The number of ether oxygens (including phenoxy) is 3. The fourth-order valence-electron chi connectivity index (χ4n) is 2.96. The normalized spacial score (nSPS) is 13.0. The van der Waals surface area contributed by atoms with E-state index in [-0.39, 0.29) is 11.7 Å². The van der Waals surface area contributed by atoms with Gasteiger partial charge in [0, 0.05) is 12.1 Å². The van der Waals surface area contributed by atoms with Gasteiger partial charge in [0.05, 0.1) is 27.4 Å². The Morgan fingerprint density at radius 3 is 2.64 bits per heavy atom. The fraction of sp³-hybridized carbons (Fsp3) is 0.316. The molecule has 1 aliphatic rings. The van der Waals surface area contributed by atoms with Crippen molar-refractivity contribution in [1.29, 1.82) is 0 Å². The highest BCUT2D eigenvalue weighted by molar-refractivity contribution is 5.96. The van der Waals surface area contributed by atoms with Crippen molar-refractivity contribution in [2.75, 3.05) is 20.8 Å². The van der Waals surface area contributed by atoms with Crippen LogP contribution in [0, 0.1) is 0 Å². The Hall–Kier alpha value is -2.73. The van der Waals surface area contributed by atoms with Gasteiger partial charge in [-0.25, -0.2) is 0 Å². The number of nitrogens with one attached hydrogen (secondary N) is 1. The Kier molecular flexibility index (Phi) is 5.09.